The summed E-state index contributed by atoms with van der Waals surface area (Å²) in [7, 11) is -3.58. The third-order valence-corrected chi connectivity index (χ3v) is 0.519. The Hall–Kier alpha value is 0.0569. The lowest BCUT2D eigenvalue weighted by Crippen LogP contribution is -2.32. The minimum absolute atomic E-state index is 1.02. The van der Waals surface area contributed by atoms with Crippen molar-refractivity contribution < 1.29 is 19.4 Å². The fraction of sp³-hybridized carbons (Fsp3) is 1.00. The summed E-state index contributed by atoms with van der Waals surface area (Å²) in [6.45, 7) is 1.02. The highest BCUT2D eigenvalue weighted by Gasteiger charge is 2.23. The zero-order valence-corrected chi connectivity index (χ0v) is 4.25. The molecule has 0 saturated heterocycles. The highest BCUT2D eigenvalue weighted by atomic mass is 28.4. The predicted molar refractivity (Wildman–Crippen MR) is 19.8 cm³/mol. The molecule has 0 heterocycles. The highest BCUT2D eigenvalue weighted by molar-refractivity contribution is 6.55. The minimum Gasteiger partial charge on any atom is -0.389 e. The Labute approximate surface area is 35.9 Å². The molecule has 5 heteroatoms. The van der Waals surface area contributed by atoms with Crippen molar-refractivity contribution in [3.8, 4) is 0 Å². The average molecular weight is 110 g/mol. The van der Waals surface area contributed by atoms with E-state index in [1.54, 1.807) is 0 Å². The molecule has 6 heavy (non-hydrogen) atoms. The Morgan fingerprint density at radius 1 is 1.50 bits per heavy atom. The lowest BCUT2D eigenvalue weighted by molar-refractivity contribution is -0.184. The van der Waals surface area contributed by atoms with Crippen LogP contribution in [0.3, 0.4) is 0 Å². The molecule has 38 valence electrons. The monoisotopic (exact) mass is 110 g/mol. The van der Waals surface area contributed by atoms with E-state index in [0.29, 0.717) is 0 Å². The molecule has 0 spiro atoms. The molecular weight excluding hydrogens is 104 g/mol. The van der Waals surface area contributed by atoms with Gasteiger partial charge in [0, 0.05) is 6.55 Å². The van der Waals surface area contributed by atoms with Gasteiger partial charge in [-0.15, -0.1) is 0 Å². The van der Waals surface area contributed by atoms with Gasteiger partial charge in [-0.2, -0.15) is 0 Å². The molecule has 4 nitrogen and oxygen atoms in total. The van der Waals surface area contributed by atoms with Crippen LogP contribution in [-0.2, 0) is 4.58 Å². The summed E-state index contributed by atoms with van der Waals surface area (Å²) >= 11 is 0. The quantitative estimate of drug-likeness (QED) is 0.231. The summed E-state index contributed by atoms with van der Waals surface area (Å²) in [6.07, 6.45) is 0. The third-order valence-electron chi connectivity index (χ3n) is 0.173. The Kier molecular flexibility index (Phi) is 1.69. The summed E-state index contributed by atoms with van der Waals surface area (Å²) < 4.78 is 3.19. The molecular formula is CH6O4Si. The second-order valence-electron chi connectivity index (χ2n) is 1.03. The van der Waals surface area contributed by atoms with Crippen molar-refractivity contribution in [2.75, 3.05) is 0 Å². The second-order valence-corrected chi connectivity index (χ2v) is 3.08. The molecule has 0 aromatic carbocycles. The van der Waals surface area contributed by atoms with Crippen LogP contribution in [0.1, 0.15) is 0 Å². The first-order chi connectivity index (χ1) is 2.56. The van der Waals surface area contributed by atoms with E-state index in [-0.39, 0.29) is 0 Å². The molecule has 0 radical (unpaired) electrons. The first-order valence-electron chi connectivity index (χ1n) is 1.33. The van der Waals surface area contributed by atoms with Gasteiger partial charge in [0.05, 0.1) is 0 Å². The summed E-state index contributed by atoms with van der Waals surface area (Å²) in [5, 5.41) is 7.46. The van der Waals surface area contributed by atoms with Crippen LogP contribution in [0, 0.1) is 0 Å². The molecule has 0 aliphatic heterocycles. The normalized spacial score (nSPS) is 12.0. The van der Waals surface area contributed by atoms with E-state index in [2.05, 4.69) is 4.58 Å². The van der Waals surface area contributed by atoms with Crippen molar-refractivity contribution in [2.24, 2.45) is 0 Å². The maximum atomic E-state index is 8.05. The van der Waals surface area contributed by atoms with E-state index in [0.717, 1.165) is 6.55 Å². The molecule has 0 amide bonds. The molecule has 0 aliphatic rings. The average Bonchev–Trinajstić information content (AvgIpc) is 1.35. The van der Waals surface area contributed by atoms with Gasteiger partial charge in [0.2, 0.25) is 0 Å². The van der Waals surface area contributed by atoms with Gasteiger partial charge in [0.25, 0.3) is 0 Å². The van der Waals surface area contributed by atoms with Crippen LogP contribution in [0.4, 0.5) is 0 Å². The van der Waals surface area contributed by atoms with E-state index >= 15 is 0 Å². The fourth-order valence-corrected chi connectivity index (χ4v) is 0. The molecule has 0 aromatic rings. The van der Waals surface area contributed by atoms with Crippen molar-refractivity contribution in [3.63, 3.8) is 0 Å². The molecule has 0 fully saturated rings. The van der Waals surface area contributed by atoms with Crippen molar-refractivity contribution >= 4 is 8.80 Å². The van der Waals surface area contributed by atoms with Crippen molar-refractivity contribution in [3.05, 3.63) is 0 Å². The first-order valence-corrected chi connectivity index (χ1v) is 3.64. The number of hydrogen-bond acceptors (Lipinski definition) is 4. The van der Waals surface area contributed by atoms with Crippen molar-refractivity contribution in [1.82, 2.24) is 0 Å². The zero-order valence-electron chi connectivity index (χ0n) is 3.25. The minimum atomic E-state index is -3.58. The van der Waals surface area contributed by atoms with E-state index < -0.39 is 8.80 Å². The van der Waals surface area contributed by atoms with Crippen LogP contribution in [0.5, 0.6) is 0 Å². The van der Waals surface area contributed by atoms with Gasteiger partial charge in [-0.25, -0.2) is 4.58 Å². The van der Waals surface area contributed by atoms with Crippen LogP contribution < -0.4 is 0 Å². The Bertz CT molecular complexity index is 37.3. The number of hydrogen-bond donors (Lipinski definition) is 3. The highest BCUT2D eigenvalue weighted by Crippen LogP contribution is 1.85. The topological polar surface area (TPSA) is 69.9 Å². The third kappa shape index (κ3) is 4.06. The molecule has 0 bridgehead atoms. The van der Waals surface area contributed by atoms with Gasteiger partial charge in [0.1, 0.15) is 0 Å². The van der Waals surface area contributed by atoms with Crippen LogP contribution in [0.15, 0.2) is 0 Å². The lowest BCUT2D eigenvalue weighted by Gasteiger charge is -2.02. The number of rotatable bonds is 1. The van der Waals surface area contributed by atoms with E-state index in [9.17, 15) is 0 Å². The standard InChI is InChI=1S/CH6O4Si/c1-6(3,4)5-2/h2-4H,1H3. The smallest absolute Gasteiger partial charge is 0.389 e. The van der Waals surface area contributed by atoms with Crippen LogP contribution in [0.25, 0.3) is 0 Å². The Balaban J connectivity index is 3.17. The summed E-state index contributed by atoms with van der Waals surface area (Å²) in [6, 6.07) is 0. The Morgan fingerprint density at radius 3 is 1.67 bits per heavy atom. The van der Waals surface area contributed by atoms with E-state index in [4.69, 9.17) is 14.8 Å². The Morgan fingerprint density at radius 2 is 1.67 bits per heavy atom. The van der Waals surface area contributed by atoms with Crippen molar-refractivity contribution in [2.45, 2.75) is 6.55 Å². The van der Waals surface area contributed by atoms with Gasteiger partial charge in [-0.1, -0.05) is 0 Å². The van der Waals surface area contributed by atoms with Crippen LogP contribution >= 0.6 is 0 Å². The molecule has 0 aliphatic carbocycles. The van der Waals surface area contributed by atoms with Crippen LogP contribution in [0.2, 0.25) is 6.55 Å². The van der Waals surface area contributed by atoms with E-state index in [1.165, 1.54) is 0 Å². The molecule has 0 atom stereocenters. The van der Waals surface area contributed by atoms with Gasteiger partial charge in [-0.3, -0.25) is 5.26 Å². The predicted octanol–water partition coefficient (Wildman–Crippen LogP) is -0.971. The molecule has 0 aromatic heterocycles. The molecule has 0 saturated carbocycles. The van der Waals surface area contributed by atoms with Gasteiger partial charge >= 0.3 is 8.80 Å². The molecule has 3 N–H and O–H groups in total. The SMILES string of the molecule is C[Si](O)(O)OO. The van der Waals surface area contributed by atoms with Crippen molar-refractivity contribution in [1.29, 1.82) is 0 Å². The summed E-state index contributed by atoms with van der Waals surface area (Å²) in [5.74, 6) is 0. The molecule has 0 unspecified atom stereocenters. The molecule has 0 rings (SSSR count). The van der Waals surface area contributed by atoms with Gasteiger partial charge in [0.15, 0.2) is 0 Å². The fourth-order valence-electron chi connectivity index (χ4n) is 0. The lowest BCUT2D eigenvalue weighted by atomic mass is 11.9. The van der Waals surface area contributed by atoms with Gasteiger partial charge < -0.3 is 9.59 Å². The second kappa shape index (κ2) is 1.67. The maximum Gasteiger partial charge on any atom is 0.521 e. The maximum absolute atomic E-state index is 8.05. The summed E-state index contributed by atoms with van der Waals surface area (Å²) in [4.78, 5) is 16.1. The van der Waals surface area contributed by atoms with Crippen LogP contribution in [-0.4, -0.2) is 23.7 Å². The largest absolute Gasteiger partial charge is 0.521 e. The van der Waals surface area contributed by atoms with E-state index in [1.807, 2.05) is 0 Å². The summed E-state index contributed by atoms with van der Waals surface area (Å²) in [5.41, 5.74) is 0. The first kappa shape index (κ1) is 6.06. The zero-order chi connectivity index (χ0) is 5.21. The van der Waals surface area contributed by atoms with Gasteiger partial charge in [-0.05, 0) is 0 Å².